The van der Waals surface area contributed by atoms with E-state index in [1.165, 1.54) is 31.3 Å². The van der Waals surface area contributed by atoms with Crippen molar-refractivity contribution in [3.05, 3.63) is 75.9 Å². The van der Waals surface area contributed by atoms with Crippen LogP contribution >= 0.6 is 11.6 Å². The molecule has 158 valence electrons. The fourth-order valence-corrected chi connectivity index (χ4v) is 4.11. The lowest BCUT2D eigenvalue weighted by molar-refractivity contribution is 0.0470. The summed E-state index contributed by atoms with van der Waals surface area (Å²) in [5, 5.41) is 3.83. The highest BCUT2D eigenvalue weighted by Crippen LogP contribution is 2.27. The third-order valence-corrected chi connectivity index (χ3v) is 6.65. The number of esters is 1. The first-order valence-corrected chi connectivity index (χ1v) is 10.6. The summed E-state index contributed by atoms with van der Waals surface area (Å²) >= 11 is 6.10. The van der Waals surface area contributed by atoms with Gasteiger partial charge in [0, 0.05) is 7.05 Å². The van der Waals surface area contributed by atoms with Gasteiger partial charge in [0.05, 0.1) is 32.4 Å². The van der Waals surface area contributed by atoms with Crippen LogP contribution in [0.25, 0.3) is 0 Å². The number of anilines is 1. The zero-order valence-corrected chi connectivity index (χ0v) is 17.9. The second-order valence-electron chi connectivity index (χ2n) is 6.47. The maximum Gasteiger partial charge on any atom is 0.340 e. The number of sulfonamides is 1. The molecule has 0 aliphatic carbocycles. The van der Waals surface area contributed by atoms with Crippen LogP contribution in [0.2, 0.25) is 5.02 Å². The summed E-state index contributed by atoms with van der Waals surface area (Å²) in [5.74, 6) is -0.760. The molecule has 3 rings (SSSR count). The molecule has 0 saturated carbocycles. The smallest absolute Gasteiger partial charge is 0.340 e. The van der Waals surface area contributed by atoms with Crippen LogP contribution in [0.4, 0.5) is 10.1 Å². The van der Waals surface area contributed by atoms with Crippen LogP contribution in [-0.2, 0) is 21.4 Å². The van der Waals surface area contributed by atoms with E-state index in [9.17, 15) is 17.6 Å². The van der Waals surface area contributed by atoms with Crippen molar-refractivity contribution in [2.45, 2.75) is 25.3 Å². The van der Waals surface area contributed by atoms with Crippen LogP contribution < -0.4 is 4.31 Å². The van der Waals surface area contributed by atoms with Crippen LogP contribution in [0.3, 0.4) is 0 Å². The van der Waals surface area contributed by atoms with Gasteiger partial charge in [-0.3, -0.25) is 4.31 Å². The van der Waals surface area contributed by atoms with Crippen molar-refractivity contribution in [1.29, 1.82) is 0 Å². The van der Waals surface area contributed by atoms with E-state index >= 15 is 0 Å². The number of aryl methyl sites for hydroxylation is 2. The number of carbonyl (C=O) groups is 1. The Kier molecular flexibility index (Phi) is 6.14. The van der Waals surface area contributed by atoms with E-state index in [1.54, 1.807) is 13.8 Å². The van der Waals surface area contributed by atoms with Gasteiger partial charge in [-0.1, -0.05) is 16.8 Å². The molecule has 0 aliphatic rings. The van der Waals surface area contributed by atoms with Gasteiger partial charge in [0.1, 0.15) is 18.2 Å². The van der Waals surface area contributed by atoms with Crippen molar-refractivity contribution < 1.29 is 26.9 Å². The number of rotatable bonds is 6. The lowest BCUT2D eigenvalue weighted by Crippen LogP contribution is -2.26. The Morgan fingerprint density at radius 3 is 2.47 bits per heavy atom. The maximum absolute atomic E-state index is 13.1. The van der Waals surface area contributed by atoms with Gasteiger partial charge in [-0.15, -0.1) is 0 Å². The molecular formula is C20H18ClFN2O5S. The SMILES string of the molecule is Cc1noc(C)c1COC(=O)c1cc(S(=O)(=O)N(C)c2ccc(F)cc2)ccc1Cl. The Morgan fingerprint density at radius 1 is 1.20 bits per heavy atom. The van der Waals surface area contributed by atoms with Crippen molar-refractivity contribution in [2.24, 2.45) is 0 Å². The average Bonchev–Trinajstić information content (AvgIpc) is 3.03. The Morgan fingerprint density at radius 2 is 1.87 bits per heavy atom. The standard InChI is InChI=1S/C20H18ClFN2O5S/c1-12-18(13(2)29-23-12)11-28-20(25)17-10-16(8-9-19(17)21)30(26,27)24(3)15-6-4-14(22)5-7-15/h4-10H,11H2,1-3H3. The van der Waals surface area contributed by atoms with E-state index in [-0.39, 0.29) is 27.8 Å². The molecule has 0 aliphatic heterocycles. The molecule has 10 heteroatoms. The molecule has 0 bridgehead atoms. The van der Waals surface area contributed by atoms with Crippen LogP contribution in [-0.4, -0.2) is 26.6 Å². The molecule has 0 amide bonds. The van der Waals surface area contributed by atoms with E-state index in [0.29, 0.717) is 17.0 Å². The molecule has 7 nitrogen and oxygen atoms in total. The van der Waals surface area contributed by atoms with Gasteiger partial charge in [-0.25, -0.2) is 17.6 Å². The molecule has 1 heterocycles. The fourth-order valence-electron chi connectivity index (χ4n) is 2.69. The normalized spacial score (nSPS) is 11.4. The molecule has 0 fully saturated rings. The van der Waals surface area contributed by atoms with E-state index in [4.69, 9.17) is 20.9 Å². The number of aromatic nitrogens is 1. The van der Waals surface area contributed by atoms with Gasteiger partial charge < -0.3 is 9.26 Å². The Balaban J connectivity index is 1.86. The van der Waals surface area contributed by atoms with Gasteiger partial charge in [-0.05, 0) is 56.3 Å². The minimum absolute atomic E-state index is 0.0437. The van der Waals surface area contributed by atoms with E-state index in [1.807, 2.05) is 0 Å². The van der Waals surface area contributed by atoms with Crippen LogP contribution in [0, 0.1) is 19.7 Å². The summed E-state index contributed by atoms with van der Waals surface area (Å²) in [5.41, 5.74) is 1.37. The van der Waals surface area contributed by atoms with Crippen molar-refractivity contribution in [3.8, 4) is 0 Å². The minimum Gasteiger partial charge on any atom is -0.457 e. The highest BCUT2D eigenvalue weighted by molar-refractivity contribution is 7.92. The zero-order valence-electron chi connectivity index (χ0n) is 16.3. The molecule has 30 heavy (non-hydrogen) atoms. The third-order valence-electron chi connectivity index (χ3n) is 4.54. The first kappa shape index (κ1) is 21.8. The van der Waals surface area contributed by atoms with Gasteiger partial charge in [-0.2, -0.15) is 0 Å². The molecule has 3 aromatic rings. The summed E-state index contributed by atoms with van der Waals surface area (Å²) in [6.45, 7) is 3.31. The number of hydrogen-bond acceptors (Lipinski definition) is 6. The van der Waals surface area contributed by atoms with Crippen molar-refractivity contribution >= 4 is 33.3 Å². The van der Waals surface area contributed by atoms with Crippen LogP contribution in [0.15, 0.2) is 51.9 Å². The summed E-state index contributed by atoms with van der Waals surface area (Å²) in [6, 6.07) is 8.71. The second-order valence-corrected chi connectivity index (χ2v) is 8.85. The molecule has 2 aromatic carbocycles. The first-order valence-electron chi connectivity index (χ1n) is 8.74. The van der Waals surface area contributed by atoms with Crippen LogP contribution in [0.5, 0.6) is 0 Å². The number of carbonyl (C=O) groups excluding carboxylic acids is 1. The number of ether oxygens (including phenoxy) is 1. The third kappa shape index (κ3) is 4.31. The number of halogens is 2. The molecular weight excluding hydrogens is 435 g/mol. The molecule has 0 N–H and O–H groups in total. The molecule has 0 saturated heterocycles. The summed E-state index contributed by atoms with van der Waals surface area (Å²) in [6.07, 6.45) is 0. The lowest BCUT2D eigenvalue weighted by Gasteiger charge is -2.20. The Labute approximate surface area is 178 Å². The first-order chi connectivity index (χ1) is 14.1. The topological polar surface area (TPSA) is 89.7 Å². The Hall–Kier alpha value is -2.91. The summed E-state index contributed by atoms with van der Waals surface area (Å²) in [4.78, 5) is 12.4. The Bertz CT molecular complexity index is 1170. The van der Waals surface area contributed by atoms with Crippen molar-refractivity contribution in [2.75, 3.05) is 11.4 Å². The largest absolute Gasteiger partial charge is 0.457 e. The molecule has 0 unspecified atom stereocenters. The number of hydrogen-bond donors (Lipinski definition) is 0. The highest BCUT2D eigenvalue weighted by atomic mass is 35.5. The molecule has 0 atom stereocenters. The predicted octanol–water partition coefficient (Wildman–Crippen LogP) is 4.27. The number of benzene rings is 2. The predicted molar refractivity (Wildman–Crippen MR) is 109 cm³/mol. The number of nitrogens with zero attached hydrogens (tertiary/aromatic N) is 2. The highest BCUT2D eigenvalue weighted by Gasteiger charge is 2.24. The van der Waals surface area contributed by atoms with E-state index < -0.39 is 21.8 Å². The van der Waals surface area contributed by atoms with Crippen molar-refractivity contribution in [1.82, 2.24) is 5.16 Å². The summed E-state index contributed by atoms with van der Waals surface area (Å²) in [7, 11) is -2.70. The monoisotopic (exact) mass is 452 g/mol. The molecule has 0 radical (unpaired) electrons. The van der Waals surface area contributed by atoms with Gasteiger partial charge >= 0.3 is 5.97 Å². The zero-order chi connectivity index (χ0) is 22.1. The van der Waals surface area contributed by atoms with Crippen molar-refractivity contribution in [3.63, 3.8) is 0 Å². The second kappa shape index (κ2) is 8.45. The average molecular weight is 453 g/mol. The minimum atomic E-state index is -4.03. The van der Waals surface area contributed by atoms with E-state index in [0.717, 1.165) is 22.5 Å². The molecule has 0 spiro atoms. The van der Waals surface area contributed by atoms with Gasteiger partial charge in [0.25, 0.3) is 10.0 Å². The fraction of sp³-hybridized carbons (Fsp3) is 0.200. The van der Waals surface area contributed by atoms with Gasteiger partial charge in [0.2, 0.25) is 0 Å². The maximum atomic E-state index is 13.1. The lowest BCUT2D eigenvalue weighted by atomic mass is 10.2. The quantitative estimate of drug-likeness (QED) is 0.519. The summed E-state index contributed by atoms with van der Waals surface area (Å²) < 4.78 is 50.3. The van der Waals surface area contributed by atoms with Crippen LogP contribution in [0.1, 0.15) is 27.4 Å². The van der Waals surface area contributed by atoms with Gasteiger partial charge in [0.15, 0.2) is 0 Å². The van der Waals surface area contributed by atoms with E-state index in [2.05, 4.69) is 5.16 Å². The molecule has 1 aromatic heterocycles.